The normalized spacial score (nSPS) is 13.7. The highest BCUT2D eigenvalue weighted by Gasteiger charge is 2.19. The van der Waals surface area contributed by atoms with Gasteiger partial charge in [0.1, 0.15) is 0 Å². The minimum atomic E-state index is -0.135. The SMILES string of the molecule is CCC(=C1CCNCC1)c1scc(C(=O)NCc2c(C)cc(C)[nH]c2=O)c1C.Cl. The fourth-order valence-corrected chi connectivity index (χ4v) is 5.14. The second-order valence-electron chi connectivity index (χ2n) is 7.41. The van der Waals surface area contributed by atoms with E-state index < -0.39 is 0 Å². The van der Waals surface area contributed by atoms with E-state index >= 15 is 0 Å². The molecule has 0 bridgehead atoms. The molecule has 3 heterocycles. The van der Waals surface area contributed by atoms with Crippen LogP contribution in [-0.2, 0) is 6.54 Å². The molecular weight excluding hydrogens is 406 g/mol. The summed E-state index contributed by atoms with van der Waals surface area (Å²) in [7, 11) is 0. The molecule has 0 aliphatic carbocycles. The lowest BCUT2D eigenvalue weighted by Crippen LogP contribution is -2.28. The van der Waals surface area contributed by atoms with Gasteiger partial charge in [-0.25, -0.2) is 0 Å². The molecule has 0 atom stereocenters. The Balaban J connectivity index is 0.00000300. The molecule has 1 amide bonds. The third-order valence-corrected chi connectivity index (χ3v) is 6.61. The third-order valence-electron chi connectivity index (χ3n) is 5.46. The van der Waals surface area contributed by atoms with Crippen molar-refractivity contribution in [2.24, 2.45) is 0 Å². The summed E-state index contributed by atoms with van der Waals surface area (Å²) in [5.74, 6) is -0.120. The Morgan fingerprint density at radius 2 is 1.90 bits per heavy atom. The lowest BCUT2D eigenvalue weighted by Gasteiger charge is -2.20. The number of hydrogen-bond donors (Lipinski definition) is 3. The molecular formula is C22H30ClN3O2S. The Bertz CT molecular complexity index is 967. The lowest BCUT2D eigenvalue weighted by atomic mass is 9.94. The summed E-state index contributed by atoms with van der Waals surface area (Å²) in [5, 5.41) is 8.28. The number of aromatic nitrogens is 1. The maximum atomic E-state index is 12.8. The molecule has 0 spiro atoms. The monoisotopic (exact) mass is 435 g/mol. The predicted octanol–water partition coefficient (Wildman–Crippen LogP) is 4.26. The van der Waals surface area contributed by atoms with E-state index in [0.717, 1.165) is 49.2 Å². The second-order valence-corrected chi connectivity index (χ2v) is 8.29. The molecule has 2 aromatic rings. The van der Waals surface area contributed by atoms with Crippen LogP contribution in [0.2, 0.25) is 0 Å². The predicted molar refractivity (Wildman–Crippen MR) is 123 cm³/mol. The van der Waals surface area contributed by atoms with Gasteiger partial charge in [-0.05, 0) is 75.9 Å². The number of carbonyl (C=O) groups is 1. The van der Waals surface area contributed by atoms with Crippen LogP contribution >= 0.6 is 23.7 Å². The molecule has 2 aromatic heterocycles. The van der Waals surface area contributed by atoms with Crippen LogP contribution in [0.4, 0.5) is 0 Å². The van der Waals surface area contributed by atoms with E-state index in [1.165, 1.54) is 16.0 Å². The first kappa shape index (κ1) is 23.4. The maximum absolute atomic E-state index is 12.8. The van der Waals surface area contributed by atoms with Crippen molar-refractivity contribution in [3.05, 3.63) is 60.2 Å². The number of halogens is 1. The van der Waals surface area contributed by atoms with Gasteiger partial charge in [0.15, 0.2) is 0 Å². The fourth-order valence-electron chi connectivity index (χ4n) is 3.90. The van der Waals surface area contributed by atoms with Crippen LogP contribution in [0.15, 0.2) is 21.8 Å². The first-order chi connectivity index (χ1) is 13.4. The highest BCUT2D eigenvalue weighted by Crippen LogP contribution is 2.35. The van der Waals surface area contributed by atoms with Crippen molar-refractivity contribution in [3.8, 4) is 0 Å². The zero-order valence-electron chi connectivity index (χ0n) is 17.5. The van der Waals surface area contributed by atoms with E-state index in [1.807, 2.05) is 32.2 Å². The van der Waals surface area contributed by atoms with E-state index in [-0.39, 0.29) is 30.4 Å². The first-order valence-corrected chi connectivity index (χ1v) is 10.8. The summed E-state index contributed by atoms with van der Waals surface area (Å²) in [5.41, 5.74) is 6.86. The second kappa shape index (κ2) is 10.2. The minimum absolute atomic E-state index is 0. The molecule has 0 saturated carbocycles. The van der Waals surface area contributed by atoms with Crippen LogP contribution in [0.25, 0.3) is 5.57 Å². The zero-order chi connectivity index (χ0) is 20.3. The van der Waals surface area contributed by atoms with Crippen LogP contribution in [-0.4, -0.2) is 24.0 Å². The molecule has 7 heteroatoms. The number of thiophene rings is 1. The first-order valence-electron chi connectivity index (χ1n) is 9.90. The molecule has 0 radical (unpaired) electrons. The average molecular weight is 436 g/mol. The van der Waals surface area contributed by atoms with Gasteiger partial charge in [-0.3, -0.25) is 9.59 Å². The Hall–Kier alpha value is -1.89. The van der Waals surface area contributed by atoms with Gasteiger partial charge < -0.3 is 15.6 Å². The summed E-state index contributed by atoms with van der Waals surface area (Å²) in [6, 6.07) is 1.93. The van der Waals surface area contributed by atoms with E-state index in [9.17, 15) is 9.59 Å². The number of allylic oxidation sites excluding steroid dienone is 1. The molecule has 158 valence electrons. The van der Waals surface area contributed by atoms with Gasteiger partial charge in [0.25, 0.3) is 11.5 Å². The molecule has 3 rings (SSSR count). The molecule has 1 saturated heterocycles. The largest absolute Gasteiger partial charge is 0.348 e. The topological polar surface area (TPSA) is 74.0 Å². The molecule has 3 N–H and O–H groups in total. The van der Waals surface area contributed by atoms with Gasteiger partial charge in [-0.15, -0.1) is 23.7 Å². The Morgan fingerprint density at radius 1 is 1.21 bits per heavy atom. The van der Waals surface area contributed by atoms with Gasteiger partial charge in [-0.1, -0.05) is 12.5 Å². The van der Waals surface area contributed by atoms with Gasteiger partial charge >= 0.3 is 0 Å². The van der Waals surface area contributed by atoms with Crippen molar-refractivity contribution < 1.29 is 4.79 Å². The highest BCUT2D eigenvalue weighted by atomic mass is 35.5. The molecule has 1 fully saturated rings. The summed E-state index contributed by atoms with van der Waals surface area (Å²) in [6.07, 6.45) is 3.14. The smallest absolute Gasteiger partial charge is 0.253 e. The van der Waals surface area contributed by atoms with E-state index in [1.54, 1.807) is 11.3 Å². The van der Waals surface area contributed by atoms with E-state index in [4.69, 9.17) is 0 Å². The van der Waals surface area contributed by atoms with Crippen molar-refractivity contribution in [2.75, 3.05) is 13.1 Å². The van der Waals surface area contributed by atoms with Gasteiger partial charge in [0.2, 0.25) is 0 Å². The Labute approximate surface area is 182 Å². The minimum Gasteiger partial charge on any atom is -0.348 e. The van der Waals surface area contributed by atoms with E-state index in [0.29, 0.717) is 11.1 Å². The van der Waals surface area contributed by atoms with Crippen molar-refractivity contribution in [1.29, 1.82) is 0 Å². The number of amides is 1. The molecule has 5 nitrogen and oxygen atoms in total. The lowest BCUT2D eigenvalue weighted by molar-refractivity contribution is 0.0950. The molecule has 0 unspecified atom stereocenters. The number of piperidine rings is 1. The average Bonchev–Trinajstić information content (AvgIpc) is 3.04. The van der Waals surface area contributed by atoms with Gasteiger partial charge in [-0.2, -0.15) is 0 Å². The number of aromatic amines is 1. The molecule has 1 aliphatic heterocycles. The van der Waals surface area contributed by atoms with Crippen molar-refractivity contribution in [1.82, 2.24) is 15.6 Å². The maximum Gasteiger partial charge on any atom is 0.253 e. The summed E-state index contributed by atoms with van der Waals surface area (Å²) in [4.78, 5) is 29.0. The number of H-pyrrole nitrogens is 1. The molecule has 29 heavy (non-hydrogen) atoms. The zero-order valence-corrected chi connectivity index (χ0v) is 19.2. The Morgan fingerprint density at radius 3 is 2.52 bits per heavy atom. The number of rotatable bonds is 5. The van der Waals surface area contributed by atoms with Crippen LogP contribution in [0, 0.1) is 20.8 Å². The van der Waals surface area contributed by atoms with Crippen LogP contribution in [0.5, 0.6) is 0 Å². The van der Waals surface area contributed by atoms with Crippen LogP contribution in [0.1, 0.15) is 63.8 Å². The van der Waals surface area contributed by atoms with Gasteiger partial charge in [0, 0.05) is 28.1 Å². The standard InChI is InChI=1S/C22H29N3O2S.ClH/c1-5-17(16-6-8-23-9-7-16)20-15(4)19(12-28-20)21(26)24-11-18-13(2)10-14(3)25-22(18)27;/h10,12,23H,5-9,11H2,1-4H3,(H,24,26)(H,25,27);1H. The summed E-state index contributed by atoms with van der Waals surface area (Å²) in [6.45, 7) is 10.3. The van der Waals surface area contributed by atoms with Crippen molar-refractivity contribution in [2.45, 2.75) is 53.5 Å². The number of aryl methyl sites for hydroxylation is 2. The fraction of sp³-hybridized carbons (Fsp3) is 0.455. The van der Waals surface area contributed by atoms with Crippen LogP contribution in [0.3, 0.4) is 0 Å². The number of nitrogens with one attached hydrogen (secondary N) is 3. The van der Waals surface area contributed by atoms with Crippen molar-refractivity contribution >= 4 is 35.2 Å². The Kier molecular flexibility index (Phi) is 8.25. The summed E-state index contributed by atoms with van der Waals surface area (Å²) < 4.78 is 0. The van der Waals surface area contributed by atoms with Gasteiger partial charge in [0.05, 0.1) is 5.56 Å². The summed E-state index contributed by atoms with van der Waals surface area (Å²) >= 11 is 1.65. The number of hydrogen-bond acceptors (Lipinski definition) is 4. The van der Waals surface area contributed by atoms with E-state index in [2.05, 4.69) is 22.5 Å². The highest BCUT2D eigenvalue weighted by molar-refractivity contribution is 7.11. The molecule has 1 aliphatic rings. The quantitative estimate of drug-likeness (QED) is 0.656. The van der Waals surface area contributed by atoms with Crippen molar-refractivity contribution in [3.63, 3.8) is 0 Å². The number of carbonyl (C=O) groups excluding carboxylic acids is 1. The number of pyridine rings is 1. The molecule has 0 aromatic carbocycles. The third kappa shape index (κ3) is 5.18. The van der Waals surface area contributed by atoms with Crippen LogP contribution < -0.4 is 16.2 Å².